The predicted octanol–water partition coefficient (Wildman–Crippen LogP) is 13.8. The Kier molecular flexibility index (Phi) is 22.5. The van der Waals surface area contributed by atoms with Gasteiger partial charge in [0.25, 0.3) is 0 Å². The van der Waals surface area contributed by atoms with Crippen molar-refractivity contribution < 1.29 is 0 Å². The molecule has 4 aromatic carbocycles. The SMILES string of the molecule is C=C(/C=C(\C)NCc1ccc(CC)cc1)c1ccccc1C.C=C(C)Cc1ccc2ccccc2c1.C=CC(C)=C(C)C.CC.CC. The Labute approximate surface area is 289 Å². The molecule has 0 bridgehead atoms. The molecule has 1 nitrogen and oxygen atoms in total. The minimum absolute atomic E-state index is 0.841. The van der Waals surface area contributed by atoms with Gasteiger partial charge in [-0.25, -0.2) is 0 Å². The average molecular weight is 630 g/mol. The second-order valence-electron chi connectivity index (χ2n) is 11.4. The summed E-state index contributed by atoms with van der Waals surface area (Å²) in [5.41, 5.74) is 12.5. The number of hydrogen-bond acceptors (Lipinski definition) is 1. The number of allylic oxidation sites excluding steroid dienone is 7. The molecule has 0 atom stereocenters. The van der Waals surface area contributed by atoms with Gasteiger partial charge in [-0.2, -0.15) is 0 Å². The smallest absolute Gasteiger partial charge is 0.0397 e. The van der Waals surface area contributed by atoms with Crippen molar-refractivity contribution in [3.05, 3.63) is 173 Å². The largest absolute Gasteiger partial charge is 0.384 e. The molecule has 0 heterocycles. The molecular weight excluding hydrogens is 567 g/mol. The molecule has 0 aliphatic carbocycles. The van der Waals surface area contributed by atoms with E-state index in [1.54, 1.807) is 0 Å². The van der Waals surface area contributed by atoms with Crippen LogP contribution in [-0.2, 0) is 19.4 Å². The second-order valence-corrected chi connectivity index (χ2v) is 11.4. The van der Waals surface area contributed by atoms with Crippen LogP contribution in [0.4, 0.5) is 0 Å². The van der Waals surface area contributed by atoms with E-state index in [1.807, 2.05) is 33.8 Å². The summed E-state index contributed by atoms with van der Waals surface area (Å²) in [6.45, 7) is 35.2. The summed E-state index contributed by atoms with van der Waals surface area (Å²) in [4.78, 5) is 0. The van der Waals surface area contributed by atoms with E-state index in [-0.39, 0.29) is 0 Å². The summed E-state index contributed by atoms with van der Waals surface area (Å²) in [7, 11) is 0. The third kappa shape index (κ3) is 17.2. The summed E-state index contributed by atoms with van der Waals surface area (Å²) in [6, 6.07) is 32.1. The normalized spacial score (nSPS) is 9.81. The fraction of sp³-hybridized carbons (Fsp3) is 0.304. The van der Waals surface area contributed by atoms with Gasteiger partial charge in [-0.05, 0) is 105 Å². The minimum atomic E-state index is 0.841. The van der Waals surface area contributed by atoms with E-state index >= 15 is 0 Å². The lowest BCUT2D eigenvalue weighted by Crippen LogP contribution is -2.10. The number of fused-ring (bicyclic) bond motifs is 1. The Bertz CT molecular complexity index is 1560. The maximum atomic E-state index is 4.19. The first kappa shape index (κ1) is 42.6. The molecule has 0 fully saturated rings. The number of aryl methyl sites for hydroxylation is 2. The van der Waals surface area contributed by atoms with Gasteiger partial charge >= 0.3 is 0 Å². The lowest BCUT2D eigenvalue weighted by atomic mass is 10.0. The lowest BCUT2D eigenvalue weighted by Gasteiger charge is -2.10. The van der Waals surface area contributed by atoms with Crippen LogP contribution in [0, 0.1) is 6.92 Å². The Morgan fingerprint density at radius 1 is 0.681 bits per heavy atom. The van der Waals surface area contributed by atoms with Gasteiger partial charge < -0.3 is 5.32 Å². The molecule has 0 aliphatic heterocycles. The summed E-state index contributed by atoms with van der Waals surface area (Å²) >= 11 is 0. The van der Waals surface area contributed by atoms with E-state index < -0.39 is 0 Å². The highest BCUT2D eigenvalue weighted by molar-refractivity contribution is 5.83. The Hall–Kier alpha value is -4.36. The molecule has 4 aromatic rings. The molecule has 0 saturated heterocycles. The number of benzene rings is 4. The molecule has 1 heteroatoms. The van der Waals surface area contributed by atoms with Gasteiger partial charge in [-0.1, -0.05) is 168 Å². The summed E-state index contributed by atoms with van der Waals surface area (Å²) in [6.07, 6.45) is 6.05. The first-order valence-electron chi connectivity index (χ1n) is 17.2. The van der Waals surface area contributed by atoms with Crippen molar-refractivity contribution >= 4 is 16.3 Å². The van der Waals surface area contributed by atoms with E-state index in [0.717, 1.165) is 30.7 Å². The van der Waals surface area contributed by atoms with Crippen LogP contribution in [0.2, 0.25) is 0 Å². The van der Waals surface area contributed by atoms with Crippen LogP contribution in [0.3, 0.4) is 0 Å². The first-order chi connectivity index (χ1) is 22.5. The molecule has 0 unspecified atom stereocenters. The van der Waals surface area contributed by atoms with Crippen LogP contribution in [0.5, 0.6) is 0 Å². The number of nitrogens with one attached hydrogen (secondary N) is 1. The average Bonchev–Trinajstić information content (AvgIpc) is 3.09. The Morgan fingerprint density at radius 2 is 1.21 bits per heavy atom. The third-order valence-electron chi connectivity index (χ3n) is 7.30. The topological polar surface area (TPSA) is 12.0 Å². The third-order valence-corrected chi connectivity index (χ3v) is 7.30. The molecule has 252 valence electrons. The zero-order chi connectivity index (χ0) is 35.8. The second kappa shape index (κ2) is 24.8. The van der Waals surface area contributed by atoms with Crippen LogP contribution < -0.4 is 5.32 Å². The molecule has 0 saturated carbocycles. The standard InChI is InChI=1S/C21H25N.C14H14.C7H12.2C2H6/c1-5-19-10-12-20(13-11-19)15-22-18(4)14-17(3)21-9-7-6-8-16(21)2;1-11(2)9-12-7-8-13-5-3-4-6-14(13)10-12;1-5-7(4)6(2)3;2*1-2/h6-14,22H,3,5,15H2,1-2,4H3;3-8,10H,1,9H2,2H3;5H,1H2,2-4H3;2*1-2H3/b18-14+;;;;. The van der Waals surface area contributed by atoms with Crippen LogP contribution in [-0.4, -0.2) is 0 Å². The van der Waals surface area contributed by atoms with Gasteiger partial charge in [0.1, 0.15) is 0 Å². The Morgan fingerprint density at radius 3 is 1.72 bits per heavy atom. The highest BCUT2D eigenvalue weighted by Crippen LogP contribution is 2.19. The van der Waals surface area contributed by atoms with Crippen LogP contribution in [0.15, 0.2) is 145 Å². The van der Waals surface area contributed by atoms with E-state index in [1.165, 1.54) is 55.3 Å². The van der Waals surface area contributed by atoms with Crippen molar-refractivity contribution in [1.29, 1.82) is 0 Å². The molecule has 0 aliphatic rings. The maximum absolute atomic E-state index is 4.19. The van der Waals surface area contributed by atoms with Gasteiger partial charge in [0.05, 0.1) is 0 Å². The molecule has 47 heavy (non-hydrogen) atoms. The van der Waals surface area contributed by atoms with Crippen LogP contribution in [0.1, 0.15) is 97.1 Å². The van der Waals surface area contributed by atoms with Crippen LogP contribution >= 0.6 is 0 Å². The van der Waals surface area contributed by atoms with Crippen molar-refractivity contribution in [1.82, 2.24) is 5.32 Å². The highest BCUT2D eigenvalue weighted by Gasteiger charge is 2.01. The quantitative estimate of drug-likeness (QED) is 0.143. The fourth-order valence-electron chi connectivity index (χ4n) is 4.36. The molecule has 1 N–H and O–H groups in total. The van der Waals surface area contributed by atoms with E-state index in [0.29, 0.717) is 0 Å². The van der Waals surface area contributed by atoms with E-state index in [9.17, 15) is 0 Å². The summed E-state index contributed by atoms with van der Waals surface area (Å²) < 4.78 is 0. The number of rotatable bonds is 9. The highest BCUT2D eigenvalue weighted by atomic mass is 14.9. The monoisotopic (exact) mass is 629 g/mol. The van der Waals surface area contributed by atoms with Gasteiger partial charge in [0, 0.05) is 12.2 Å². The van der Waals surface area contributed by atoms with Gasteiger partial charge in [0.15, 0.2) is 0 Å². The molecular formula is C46H63N. The maximum Gasteiger partial charge on any atom is 0.0397 e. The van der Waals surface area contributed by atoms with Crippen molar-refractivity contribution in [3.8, 4) is 0 Å². The van der Waals surface area contributed by atoms with Crippen LogP contribution in [0.25, 0.3) is 16.3 Å². The zero-order valence-electron chi connectivity index (χ0n) is 31.6. The van der Waals surface area contributed by atoms with Gasteiger partial charge in [0.2, 0.25) is 0 Å². The van der Waals surface area contributed by atoms with Gasteiger partial charge in [-0.15, -0.1) is 0 Å². The molecule has 0 radical (unpaired) electrons. The van der Waals surface area contributed by atoms with Crippen molar-refractivity contribution in [3.63, 3.8) is 0 Å². The molecule has 4 rings (SSSR count). The van der Waals surface area contributed by atoms with Crippen molar-refractivity contribution in [2.24, 2.45) is 0 Å². The van der Waals surface area contributed by atoms with Gasteiger partial charge in [-0.3, -0.25) is 0 Å². The minimum Gasteiger partial charge on any atom is -0.384 e. The predicted molar refractivity (Wildman–Crippen MR) is 216 cm³/mol. The molecule has 0 amide bonds. The molecule has 0 aromatic heterocycles. The van der Waals surface area contributed by atoms with E-state index in [4.69, 9.17) is 0 Å². The summed E-state index contributed by atoms with van der Waals surface area (Å²) in [5.74, 6) is 0. The zero-order valence-corrected chi connectivity index (χ0v) is 31.6. The molecule has 0 spiro atoms. The fourth-order valence-corrected chi connectivity index (χ4v) is 4.36. The van der Waals surface area contributed by atoms with Crippen molar-refractivity contribution in [2.45, 2.75) is 95.5 Å². The first-order valence-corrected chi connectivity index (χ1v) is 17.2. The van der Waals surface area contributed by atoms with E-state index in [2.05, 4.69) is 171 Å². The lowest BCUT2D eigenvalue weighted by molar-refractivity contribution is 0.812. The number of hydrogen-bond donors (Lipinski definition) is 1. The summed E-state index contributed by atoms with van der Waals surface area (Å²) in [5, 5.41) is 6.07. The Balaban J connectivity index is 0.000000722. The van der Waals surface area contributed by atoms with Crippen molar-refractivity contribution in [2.75, 3.05) is 0 Å².